The minimum absolute atomic E-state index is 0.252. The lowest BCUT2D eigenvalue weighted by molar-refractivity contribution is -0.134. The summed E-state index contributed by atoms with van der Waals surface area (Å²) in [7, 11) is 0. The number of piperidine rings is 3. The molecule has 5 rings (SSSR count). The lowest BCUT2D eigenvalue weighted by Gasteiger charge is -2.41. The summed E-state index contributed by atoms with van der Waals surface area (Å²) in [4.78, 5) is 20.4. The van der Waals surface area contributed by atoms with E-state index in [1.165, 1.54) is 77.1 Å². The van der Waals surface area contributed by atoms with Crippen molar-refractivity contribution < 1.29 is 4.79 Å². The Hall–Kier alpha value is -1.44. The molecule has 0 bridgehead atoms. The number of fused-ring (bicyclic) bond motifs is 1. The van der Waals surface area contributed by atoms with Crippen molar-refractivity contribution >= 4 is 5.91 Å². The molecule has 0 radical (unpaired) electrons. The molecule has 4 aliphatic rings. The van der Waals surface area contributed by atoms with Gasteiger partial charge in [0.05, 0.1) is 0 Å². The van der Waals surface area contributed by atoms with E-state index in [0.29, 0.717) is 12.6 Å². The molecule has 0 atom stereocenters. The molecule has 3 fully saturated rings. The molecule has 7 heteroatoms. The summed E-state index contributed by atoms with van der Waals surface area (Å²) in [6.45, 7) is 19.4. The van der Waals surface area contributed by atoms with Crippen molar-refractivity contribution in [2.24, 2.45) is 11.8 Å². The standard InChI is InChI=1S/C24H40N6O.C3H8.C2H6/c31-24-19-30-23(3-11-26-30)8-16-29(24)22-6-14-28(15-7-22)18-21-4-12-27(13-5-21)17-20-1-9-25-10-2-20;1-3-2;1-2/h3,11,20-22,25H,1-2,4-10,12-19H2;3H2,1-2H3;1-2H3. The number of aromatic nitrogens is 2. The molecule has 0 saturated carbocycles. The lowest BCUT2D eigenvalue weighted by atomic mass is 9.92. The molecule has 1 amide bonds. The van der Waals surface area contributed by atoms with E-state index < -0.39 is 0 Å². The van der Waals surface area contributed by atoms with E-state index in [2.05, 4.69) is 45.0 Å². The number of nitrogens with one attached hydrogen (secondary N) is 1. The van der Waals surface area contributed by atoms with E-state index in [4.69, 9.17) is 0 Å². The first kappa shape index (κ1) is 29.1. The van der Waals surface area contributed by atoms with Gasteiger partial charge in [0.1, 0.15) is 6.54 Å². The van der Waals surface area contributed by atoms with Crippen molar-refractivity contribution in [2.75, 3.05) is 58.9 Å². The summed E-state index contributed by atoms with van der Waals surface area (Å²) in [6, 6.07) is 2.47. The smallest absolute Gasteiger partial charge is 0.244 e. The topological polar surface area (TPSA) is 56.6 Å². The molecular weight excluding hydrogens is 448 g/mol. The Balaban J connectivity index is 0.000000674. The first-order chi connectivity index (χ1) is 17.7. The number of rotatable bonds is 5. The van der Waals surface area contributed by atoms with Gasteiger partial charge in [-0.15, -0.1) is 0 Å². The van der Waals surface area contributed by atoms with Crippen molar-refractivity contribution in [2.45, 2.75) is 91.6 Å². The summed E-state index contributed by atoms with van der Waals surface area (Å²) in [5, 5.41) is 7.80. The number of amides is 1. The third-order valence-corrected chi connectivity index (χ3v) is 8.22. The van der Waals surface area contributed by atoms with Crippen LogP contribution < -0.4 is 5.32 Å². The molecule has 0 aromatic carbocycles. The van der Waals surface area contributed by atoms with Crippen LogP contribution in [-0.4, -0.2) is 95.3 Å². The van der Waals surface area contributed by atoms with Gasteiger partial charge in [-0.2, -0.15) is 5.10 Å². The quantitative estimate of drug-likeness (QED) is 0.662. The summed E-state index contributed by atoms with van der Waals surface area (Å²) in [6.07, 6.45) is 11.7. The van der Waals surface area contributed by atoms with E-state index in [1.54, 1.807) is 0 Å². The van der Waals surface area contributed by atoms with Crippen molar-refractivity contribution in [1.82, 2.24) is 29.8 Å². The Morgan fingerprint density at radius 3 is 2.03 bits per heavy atom. The number of hydrogen-bond donors (Lipinski definition) is 1. The molecule has 3 saturated heterocycles. The highest BCUT2D eigenvalue weighted by atomic mass is 16.2. The van der Waals surface area contributed by atoms with E-state index in [0.717, 1.165) is 50.7 Å². The van der Waals surface area contributed by atoms with Crippen LogP contribution in [0.5, 0.6) is 0 Å². The zero-order valence-electron chi connectivity index (χ0n) is 23.8. The van der Waals surface area contributed by atoms with Gasteiger partial charge in [0.25, 0.3) is 0 Å². The molecule has 1 N–H and O–H groups in total. The van der Waals surface area contributed by atoms with E-state index in [1.807, 2.05) is 24.7 Å². The fraction of sp³-hybridized carbons (Fsp3) is 0.862. The van der Waals surface area contributed by atoms with Gasteiger partial charge in [-0.1, -0.05) is 34.1 Å². The second-order valence-electron chi connectivity index (χ2n) is 11.0. The van der Waals surface area contributed by atoms with Crippen molar-refractivity contribution in [1.29, 1.82) is 0 Å². The fourth-order valence-electron chi connectivity index (χ4n) is 6.24. The molecule has 0 unspecified atom stereocenters. The van der Waals surface area contributed by atoms with Gasteiger partial charge in [-0.3, -0.25) is 9.48 Å². The van der Waals surface area contributed by atoms with Crippen LogP contribution in [0.2, 0.25) is 0 Å². The highest BCUT2D eigenvalue weighted by molar-refractivity contribution is 5.76. The van der Waals surface area contributed by atoms with E-state index in [9.17, 15) is 4.79 Å². The van der Waals surface area contributed by atoms with Crippen LogP contribution in [-0.2, 0) is 17.8 Å². The molecule has 4 aliphatic heterocycles. The average Bonchev–Trinajstić information content (AvgIpc) is 3.29. The third-order valence-electron chi connectivity index (χ3n) is 8.22. The molecule has 1 aromatic heterocycles. The van der Waals surface area contributed by atoms with Crippen LogP contribution in [0.15, 0.2) is 12.3 Å². The minimum Gasteiger partial charge on any atom is -0.338 e. The molecule has 7 nitrogen and oxygen atoms in total. The Morgan fingerprint density at radius 1 is 0.861 bits per heavy atom. The number of carbonyl (C=O) groups excluding carboxylic acids is 1. The van der Waals surface area contributed by atoms with Gasteiger partial charge < -0.3 is 20.0 Å². The zero-order chi connectivity index (χ0) is 25.8. The van der Waals surface area contributed by atoms with Crippen LogP contribution in [0.1, 0.15) is 78.3 Å². The van der Waals surface area contributed by atoms with E-state index >= 15 is 0 Å². The monoisotopic (exact) mass is 502 g/mol. The lowest BCUT2D eigenvalue weighted by Crippen LogP contribution is -2.49. The van der Waals surface area contributed by atoms with Gasteiger partial charge in [0.15, 0.2) is 0 Å². The van der Waals surface area contributed by atoms with Gasteiger partial charge >= 0.3 is 0 Å². The molecule has 5 heterocycles. The average molecular weight is 503 g/mol. The number of likely N-dealkylation sites (tertiary alicyclic amines) is 2. The normalized spacial score (nSPS) is 23.2. The molecule has 1 aromatic rings. The Kier molecular flexibility index (Phi) is 12.7. The number of carbonyl (C=O) groups is 1. The predicted octanol–water partition coefficient (Wildman–Crippen LogP) is 3.89. The highest BCUT2D eigenvalue weighted by Crippen LogP contribution is 2.25. The van der Waals surface area contributed by atoms with Crippen molar-refractivity contribution in [3.05, 3.63) is 18.0 Å². The van der Waals surface area contributed by atoms with E-state index in [-0.39, 0.29) is 5.91 Å². The Labute approximate surface area is 221 Å². The largest absolute Gasteiger partial charge is 0.338 e. The SMILES string of the molecule is CC.CCC.O=C1Cn2nccc2CCN1C1CCN(CC2CCN(CC3CCNCC3)CC2)CC1. The fourth-order valence-corrected chi connectivity index (χ4v) is 6.24. The molecule has 0 aliphatic carbocycles. The summed E-state index contributed by atoms with van der Waals surface area (Å²) >= 11 is 0. The second kappa shape index (κ2) is 15.7. The third kappa shape index (κ3) is 8.56. The number of hydrogen-bond acceptors (Lipinski definition) is 5. The molecular formula is C29H54N6O. The first-order valence-corrected chi connectivity index (χ1v) is 15.1. The van der Waals surface area contributed by atoms with Crippen LogP contribution in [0.4, 0.5) is 0 Å². The second-order valence-corrected chi connectivity index (χ2v) is 11.0. The van der Waals surface area contributed by atoms with Gasteiger partial charge in [-0.05, 0) is 82.6 Å². The van der Waals surface area contributed by atoms with Crippen LogP contribution in [0.25, 0.3) is 0 Å². The summed E-state index contributed by atoms with van der Waals surface area (Å²) < 4.78 is 1.88. The summed E-state index contributed by atoms with van der Waals surface area (Å²) in [5.41, 5.74) is 1.19. The Morgan fingerprint density at radius 2 is 1.42 bits per heavy atom. The van der Waals surface area contributed by atoms with Gasteiger partial charge in [0.2, 0.25) is 5.91 Å². The van der Waals surface area contributed by atoms with Crippen LogP contribution in [0, 0.1) is 11.8 Å². The molecule has 0 spiro atoms. The summed E-state index contributed by atoms with van der Waals surface area (Å²) in [5.74, 6) is 2.03. The molecule has 206 valence electrons. The van der Waals surface area contributed by atoms with Gasteiger partial charge in [0, 0.05) is 57.1 Å². The minimum atomic E-state index is 0.252. The highest BCUT2D eigenvalue weighted by Gasteiger charge is 2.31. The Bertz CT molecular complexity index is 730. The number of nitrogens with zero attached hydrogens (tertiary/aromatic N) is 5. The first-order valence-electron chi connectivity index (χ1n) is 15.1. The van der Waals surface area contributed by atoms with Crippen molar-refractivity contribution in [3.63, 3.8) is 0 Å². The molecule has 36 heavy (non-hydrogen) atoms. The maximum absolute atomic E-state index is 12.8. The zero-order valence-corrected chi connectivity index (χ0v) is 23.8. The maximum atomic E-state index is 12.8. The van der Waals surface area contributed by atoms with Gasteiger partial charge in [-0.25, -0.2) is 0 Å². The van der Waals surface area contributed by atoms with Crippen LogP contribution in [0.3, 0.4) is 0 Å². The predicted molar refractivity (Wildman–Crippen MR) is 149 cm³/mol. The maximum Gasteiger partial charge on any atom is 0.244 e. The van der Waals surface area contributed by atoms with Crippen molar-refractivity contribution in [3.8, 4) is 0 Å². The van der Waals surface area contributed by atoms with Crippen LogP contribution >= 0.6 is 0 Å².